The number of rotatable bonds is 16. The molecule has 214 valence electrons. The number of aromatic amines is 1. The summed E-state index contributed by atoms with van der Waals surface area (Å²) in [5.41, 5.74) is 12.8. The first-order valence-electron chi connectivity index (χ1n) is 12.7. The van der Waals surface area contributed by atoms with E-state index >= 15 is 0 Å². The third-order valence-corrected chi connectivity index (χ3v) is 7.20. The minimum Gasteiger partial charge on any atom is -0.480 e. The van der Waals surface area contributed by atoms with Gasteiger partial charge in [-0.05, 0) is 36.0 Å². The summed E-state index contributed by atoms with van der Waals surface area (Å²) in [6.07, 6.45) is 3.82. The van der Waals surface area contributed by atoms with Gasteiger partial charge in [0, 0.05) is 23.5 Å². The van der Waals surface area contributed by atoms with Gasteiger partial charge in [-0.2, -0.15) is 11.8 Å². The number of amides is 4. The number of H-pyrrole nitrogens is 1. The minimum atomic E-state index is -1.38. The fourth-order valence-electron chi connectivity index (χ4n) is 3.96. The number of carbonyl (C=O) groups excluding carboxylic acids is 4. The van der Waals surface area contributed by atoms with Crippen LogP contribution in [0.15, 0.2) is 30.5 Å². The number of thioether (sulfide) groups is 1. The van der Waals surface area contributed by atoms with Crippen LogP contribution in [0.3, 0.4) is 0 Å². The Morgan fingerprint density at radius 3 is 2.23 bits per heavy atom. The molecule has 5 unspecified atom stereocenters. The molecule has 0 aliphatic rings. The van der Waals surface area contributed by atoms with Crippen LogP contribution >= 0.6 is 11.8 Å². The SMILES string of the molecule is CCC(C)C(N)C(=O)NC(CC(N)=O)C(=O)NC(Cc1c[nH]c2ccccc12)C(=O)NC(CCSC)C(=O)O. The third-order valence-electron chi connectivity index (χ3n) is 6.56. The molecule has 0 saturated carbocycles. The molecule has 0 bridgehead atoms. The second-order valence-corrected chi connectivity index (χ2v) is 10.4. The van der Waals surface area contributed by atoms with Gasteiger partial charge in [0.05, 0.1) is 12.5 Å². The van der Waals surface area contributed by atoms with Gasteiger partial charge in [0.25, 0.3) is 0 Å². The molecule has 39 heavy (non-hydrogen) atoms. The van der Waals surface area contributed by atoms with Gasteiger partial charge in [0.1, 0.15) is 18.1 Å². The van der Waals surface area contributed by atoms with Crippen molar-refractivity contribution in [1.82, 2.24) is 20.9 Å². The maximum absolute atomic E-state index is 13.3. The highest BCUT2D eigenvalue weighted by atomic mass is 32.2. The number of aliphatic carboxylic acids is 1. The van der Waals surface area contributed by atoms with Gasteiger partial charge in [-0.3, -0.25) is 19.2 Å². The summed E-state index contributed by atoms with van der Waals surface area (Å²) in [5, 5.41) is 18.0. The fourth-order valence-corrected chi connectivity index (χ4v) is 4.43. The average molecular weight is 563 g/mol. The molecule has 0 radical (unpaired) electrons. The summed E-state index contributed by atoms with van der Waals surface area (Å²) in [6.45, 7) is 3.65. The number of nitrogens with one attached hydrogen (secondary N) is 4. The topological polar surface area (TPSA) is 209 Å². The number of primary amides is 1. The van der Waals surface area contributed by atoms with Gasteiger partial charge in [0.2, 0.25) is 23.6 Å². The summed E-state index contributed by atoms with van der Waals surface area (Å²) < 4.78 is 0. The molecule has 0 spiro atoms. The Kier molecular flexibility index (Phi) is 12.3. The summed E-state index contributed by atoms with van der Waals surface area (Å²) in [6, 6.07) is 2.70. The maximum Gasteiger partial charge on any atom is 0.326 e. The monoisotopic (exact) mass is 562 g/mol. The molecule has 5 atom stereocenters. The first-order valence-corrected chi connectivity index (χ1v) is 14.1. The molecule has 0 saturated heterocycles. The number of hydrogen-bond donors (Lipinski definition) is 7. The second kappa shape index (κ2) is 15.1. The Hall–Kier alpha value is -3.58. The van der Waals surface area contributed by atoms with Crippen LogP contribution in [0, 0.1) is 5.92 Å². The van der Waals surface area contributed by atoms with Crippen molar-refractivity contribution in [2.45, 2.75) is 63.7 Å². The Labute approximate surface area is 231 Å². The summed E-state index contributed by atoms with van der Waals surface area (Å²) in [7, 11) is 0. The zero-order chi connectivity index (χ0) is 29.1. The van der Waals surface area contributed by atoms with Gasteiger partial charge < -0.3 is 37.5 Å². The van der Waals surface area contributed by atoms with Crippen molar-refractivity contribution in [3.8, 4) is 0 Å². The minimum absolute atomic E-state index is 0.0140. The van der Waals surface area contributed by atoms with Crippen molar-refractivity contribution in [1.29, 1.82) is 0 Å². The highest BCUT2D eigenvalue weighted by molar-refractivity contribution is 7.98. The highest BCUT2D eigenvalue weighted by Gasteiger charge is 2.32. The van der Waals surface area contributed by atoms with Crippen LogP contribution in [-0.4, -0.2) is 75.9 Å². The van der Waals surface area contributed by atoms with E-state index in [-0.39, 0.29) is 18.8 Å². The van der Waals surface area contributed by atoms with E-state index in [1.54, 1.807) is 13.1 Å². The second-order valence-electron chi connectivity index (χ2n) is 9.45. The predicted octanol–water partition coefficient (Wildman–Crippen LogP) is 0.251. The molecular formula is C26H38N6O6S. The Balaban J connectivity index is 2.33. The average Bonchev–Trinajstić information content (AvgIpc) is 3.31. The van der Waals surface area contributed by atoms with Gasteiger partial charge in [-0.15, -0.1) is 0 Å². The van der Waals surface area contributed by atoms with E-state index in [1.807, 2.05) is 37.4 Å². The summed E-state index contributed by atoms with van der Waals surface area (Å²) in [5.74, 6) is -3.90. The lowest BCUT2D eigenvalue weighted by atomic mass is 9.98. The molecule has 0 aliphatic heterocycles. The summed E-state index contributed by atoms with van der Waals surface area (Å²) in [4.78, 5) is 65.8. The van der Waals surface area contributed by atoms with Gasteiger partial charge in [-0.1, -0.05) is 38.5 Å². The van der Waals surface area contributed by atoms with E-state index < -0.39 is 60.2 Å². The summed E-state index contributed by atoms with van der Waals surface area (Å²) >= 11 is 1.44. The smallest absolute Gasteiger partial charge is 0.326 e. The number of nitrogens with two attached hydrogens (primary N) is 2. The van der Waals surface area contributed by atoms with Crippen LogP contribution < -0.4 is 27.4 Å². The van der Waals surface area contributed by atoms with Crippen LogP contribution in [0.5, 0.6) is 0 Å². The molecule has 9 N–H and O–H groups in total. The van der Waals surface area contributed by atoms with E-state index in [0.29, 0.717) is 17.7 Å². The molecule has 4 amide bonds. The van der Waals surface area contributed by atoms with Gasteiger partial charge >= 0.3 is 5.97 Å². The number of carboxylic acids is 1. The van der Waals surface area contributed by atoms with E-state index in [1.165, 1.54) is 11.8 Å². The van der Waals surface area contributed by atoms with Crippen molar-refractivity contribution < 1.29 is 29.1 Å². The maximum atomic E-state index is 13.3. The number of benzene rings is 1. The first-order chi connectivity index (χ1) is 18.5. The number of hydrogen-bond acceptors (Lipinski definition) is 7. The van der Waals surface area contributed by atoms with E-state index in [9.17, 15) is 29.1 Å². The van der Waals surface area contributed by atoms with Crippen LogP contribution in [0.4, 0.5) is 0 Å². The molecule has 1 aromatic heterocycles. The fraction of sp³-hybridized carbons (Fsp3) is 0.500. The quantitative estimate of drug-likeness (QED) is 0.150. The highest BCUT2D eigenvalue weighted by Crippen LogP contribution is 2.19. The molecule has 1 heterocycles. The van der Waals surface area contributed by atoms with Crippen molar-refractivity contribution in [2.24, 2.45) is 17.4 Å². The normalized spacial score (nSPS) is 15.0. The van der Waals surface area contributed by atoms with Gasteiger partial charge in [0.15, 0.2) is 0 Å². The number of para-hydroxylation sites is 1. The van der Waals surface area contributed by atoms with Crippen LogP contribution in [0.1, 0.15) is 38.7 Å². The zero-order valence-electron chi connectivity index (χ0n) is 22.4. The predicted molar refractivity (Wildman–Crippen MR) is 150 cm³/mol. The molecular weight excluding hydrogens is 524 g/mol. The van der Waals surface area contributed by atoms with Crippen LogP contribution in [-0.2, 0) is 30.4 Å². The molecule has 12 nitrogen and oxygen atoms in total. The lowest BCUT2D eigenvalue weighted by Crippen LogP contribution is -2.58. The van der Waals surface area contributed by atoms with Crippen LogP contribution in [0.25, 0.3) is 10.9 Å². The molecule has 13 heteroatoms. The molecule has 0 aliphatic carbocycles. The Morgan fingerprint density at radius 2 is 1.62 bits per heavy atom. The molecule has 0 fully saturated rings. The standard InChI is InChI=1S/C26H38N6O6S/c1-4-14(2)22(28)25(36)32-20(12-21(27)33)24(35)31-19(23(34)30-18(26(37)38)9-10-39-3)11-15-13-29-17-8-6-5-7-16(15)17/h5-8,13-14,18-20,22,29H,4,9-12,28H2,1-3H3,(H2,27,33)(H,30,34)(H,31,35)(H,32,36)(H,37,38). The van der Waals surface area contributed by atoms with E-state index in [0.717, 1.165) is 10.9 Å². The largest absolute Gasteiger partial charge is 0.480 e. The Morgan fingerprint density at radius 1 is 1.00 bits per heavy atom. The lowest BCUT2D eigenvalue weighted by molar-refractivity contribution is -0.142. The zero-order valence-corrected chi connectivity index (χ0v) is 23.2. The Bertz CT molecular complexity index is 1170. The molecule has 1 aromatic carbocycles. The van der Waals surface area contributed by atoms with E-state index in [2.05, 4.69) is 20.9 Å². The van der Waals surface area contributed by atoms with Crippen LogP contribution in [0.2, 0.25) is 0 Å². The van der Waals surface area contributed by atoms with Crippen molar-refractivity contribution in [3.63, 3.8) is 0 Å². The number of aromatic nitrogens is 1. The third kappa shape index (κ3) is 9.29. The lowest BCUT2D eigenvalue weighted by Gasteiger charge is -2.25. The number of fused-ring (bicyclic) bond motifs is 1. The van der Waals surface area contributed by atoms with Gasteiger partial charge in [-0.25, -0.2) is 4.79 Å². The first kappa shape index (κ1) is 31.6. The molecule has 2 rings (SSSR count). The van der Waals surface area contributed by atoms with E-state index in [4.69, 9.17) is 11.5 Å². The number of carboxylic acid groups (broad SMARTS) is 1. The van der Waals surface area contributed by atoms with Crippen molar-refractivity contribution in [2.75, 3.05) is 12.0 Å². The van der Waals surface area contributed by atoms with Crippen molar-refractivity contribution >= 4 is 52.3 Å². The number of carbonyl (C=O) groups is 5. The van der Waals surface area contributed by atoms with Crippen molar-refractivity contribution in [3.05, 3.63) is 36.0 Å². The molecule has 2 aromatic rings.